The number of rotatable bonds is 4. The Balaban J connectivity index is 2.22. The molecular formula is C12H9BrO3S2. The topological polar surface area (TPSA) is 51.2 Å². The molecule has 0 atom stereocenters. The lowest BCUT2D eigenvalue weighted by atomic mass is 10.3. The van der Waals surface area contributed by atoms with Crippen LogP contribution in [0.15, 0.2) is 51.1 Å². The van der Waals surface area contributed by atoms with Gasteiger partial charge in [-0.15, -0.1) is 11.3 Å². The summed E-state index contributed by atoms with van der Waals surface area (Å²) in [5.74, 6) is -0.876. The molecule has 0 aliphatic rings. The van der Waals surface area contributed by atoms with Crippen LogP contribution in [0.4, 0.5) is 0 Å². The molecule has 0 unspecified atom stereocenters. The van der Waals surface area contributed by atoms with E-state index < -0.39 is 15.6 Å². The number of hydrogen-bond donors (Lipinski definition) is 0. The van der Waals surface area contributed by atoms with E-state index in [2.05, 4.69) is 15.9 Å². The van der Waals surface area contributed by atoms with Crippen LogP contribution in [0.3, 0.4) is 0 Å². The maximum absolute atomic E-state index is 12.0. The fourth-order valence-corrected chi connectivity index (χ4v) is 4.07. The van der Waals surface area contributed by atoms with Gasteiger partial charge in [0.05, 0.1) is 13.6 Å². The standard InChI is InChI=1S/C12H9BrO3S2/c13-12-7-6-11(17-12)10(14)8-18(15,16)9-4-2-1-3-5-9/h1-7H,8H2. The molecule has 0 fully saturated rings. The van der Waals surface area contributed by atoms with E-state index in [0.29, 0.717) is 4.88 Å². The second kappa shape index (κ2) is 5.34. The highest BCUT2D eigenvalue weighted by Crippen LogP contribution is 2.23. The monoisotopic (exact) mass is 344 g/mol. The van der Waals surface area contributed by atoms with Crippen LogP contribution < -0.4 is 0 Å². The van der Waals surface area contributed by atoms with Crippen molar-refractivity contribution in [1.82, 2.24) is 0 Å². The first kappa shape index (κ1) is 13.5. The normalized spacial score (nSPS) is 11.4. The van der Waals surface area contributed by atoms with Crippen molar-refractivity contribution in [2.24, 2.45) is 0 Å². The van der Waals surface area contributed by atoms with E-state index in [1.807, 2.05) is 0 Å². The van der Waals surface area contributed by atoms with Crippen molar-refractivity contribution in [3.63, 3.8) is 0 Å². The number of benzene rings is 1. The third kappa shape index (κ3) is 3.07. The molecule has 1 aromatic carbocycles. The van der Waals surface area contributed by atoms with Crippen molar-refractivity contribution < 1.29 is 13.2 Å². The molecule has 0 N–H and O–H groups in total. The summed E-state index contributed by atoms with van der Waals surface area (Å²) in [7, 11) is -3.56. The van der Waals surface area contributed by atoms with Crippen LogP contribution in [0.1, 0.15) is 9.67 Å². The summed E-state index contributed by atoms with van der Waals surface area (Å²) in [4.78, 5) is 12.5. The first-order valence-electron chi connectivity index (χ1n) is 5.05. The Bertz CT molecular complexity index is 660. The maximum atomic E-state index is 12.0. The van der Waals surface area contributed by atoms with Crippen molar-refractivity contribution in [1.29, 1.82) is 0 Å². The Hall–Kier alpha value is -0.980. The Labute approximate surface area is 118 Å². The van der Waals surface area contributed by atoms with E-state index in [-0.39, 0.29) is 10.7 Å². The van der Waals surface area contributed by atoms with Gasteiger partial charge in [-0.1, -0.05) is 18.2 Å². The number of thiophene rings is 1. The summed E-state index contributed by atoms with van der Waals surface area (Å²) in [5, 5.41) is 0. The molecule has 2 rings (SSSR count). The lowest BCUT2D eigenvalue weighted by molar-refractivity contribution is 0.102. The van der Waals surface area contributed by atoms with Crippen LogP contribution in [0.5, 0.6) is 0 Å². The van der Waals surface area contributed by atoms with Crippen molar-refractivity contribution in [2.75, 3.05) is 5.75 Å². The van der Waals surface area contributed by atoms with Gasteiger partial charge in [0.1, 0.15) is 5.75 Å². The summed E-state index contributed by atoms with van der Waals surface area (Å²) >= 11 is 4.48. The fourth-order valence-electron chi connectivity index (χ4n) is 1.42. The zero-order valence-electron chi connectivity index (χ0n) is 9.17. The van der Waals surface area contributed by atoms with Gasteiger partial charge in [0.2, 0.25) is 0 Å². The minimum atomic E-state index is -3.56. The summed E-state index contributed by atoms with van der Waals surface area (Å²) in [6.07, 6.45) is 0. The van der Waals surface area contributed by atoms with E-state index in [4.69, 9.17) is 0 Å². The zero-order chi connectivity index (χ0) is 13.2. The van der Waals surface area contributed by atoms with E-state index in [0.717, 1.165) is 3.79 Å². The first-order chi connectivity index (χ1) is 8.49. The van der Waals surface area contributed by atoms with E-state index in [1.165, 1.54) is 23.5 Å². The van der Waals surface area contributed by atoms with E-state index in [9.17, 15) is 13.2 Å². The van der Waals surface area contributed by atoms with Crippen LogP contribution in [0.2, 0.25) is 0 Å². The van der Waals surface area contributed by atoms with Crippen molar-refractivity contribution >= 4 is 42.9 Å². The molecule has 0 aliphatic carbocycles. The lowest BCUT2D eigenvalue weighted by Crippen LogP contribution is -2.15. The quantitative estimate of drug-likeness (QED) is 0.800. The Morgan fingerprint density at radius 3 is 2.33 bits per heavy atom. The molecule has 0 aliphatic heterocycles. The van der Waals surface area contributed by atoms with E-state index >= 15 is 0 Å². The first-order valence-corrected chi connectivity index (χ1v) is 8.31. The second-order valence-corrected chi connectivity index (χ2v) is 8.05. The number of hydrogen-bond acceptors (Lipinski definition) is 4. The summed E-state index contributed by atoms with van der Waals surface area (Å²) < 4.78 is 24.8. The predicted molar refractivity (Wildman–Crippen MR) is 74.8 cm³/mol. The highest BCUT2D eigenvalue weighted by molar-refractivity contribution is 9.11. The molecule has 0 amide bonds. The molecule has 0 bridgehead atoms. The number of halogens is 1. The predicted octanol–water partition coefficient (Wildman–Crippen LogP) is 3.17. The van der Waals surface area contributed by atoms with Crippen LogP contribution in [0.25, 0.3) is 0 Å². The van der Waals surface area contributed by atoms with Gasteiger partial charge in [-0.25, -0.2) is 8.42 Å². The largest absolute Gasteiger partial charge is 0.292 e. The van der Waals surface area contributed by atoms with Gasteiger partial charge in [-0.05, 0) is 40.2 Å². The van der Waals surface area contributed by atoms with Gasteiger partial charge in [0.25, 0.3) is 0 Å². The smallest absolute Gasteiger partial charge is 0.188 e. The number of ketones is 1. The molecule has 1 heterocycles. The Kier molecular flexibility index (Phi) is 3.99. The molecule has 6 heteroatoms. The molecule has 0 radical (unpaired) electrons. The summed E-state index contributed by atoms with van der Waals surface area (Å²) in [5.41, 5.74) is 0. The lowest BCUT2D eigenvalue weighted by Gasteiger charge is -2.02. The summed E-state index contributed by atoms with van der Waals surface area (Å²) in [6, 6.07) is 11.3. The van der Waals surface area contributed by atoms with Crippen LogP contribution in [-0.2, 0) is 9.84 Å². The van der Waals surface area contributed by atoms with Crippen molar-refractivity contribution in [3.8, 4) is 0 Å². The van der Waals surface area contributed by atoms with Crippen LogP contribution >= 0.6 is 27.3 Å². The Morgan fingerprint density at radius 1 is 1.11 bits per heavy atom. The molecule has 0 saturated heterocycles. The average Bonchev–Trinajstić information content (AvgIpc) is 2.77. The minimum Gasteiger partial charge on any atom is -0.292 e. The molecule has 18 heavy (non-hydrogen) atoms. The number of Topliss-reactive ketones (excluding diaryl/α,β-unsaturated/α-hetero) is 1. The van der Waals surface area contributed by atoms with Gasteiger partial charge in [0.15, 0.2) is 15.6 Å². The molecule has 2 aromatic rings. The number of sulfone groups is 1. The molecule has 1 aromatic heterocycles. The zero-order valence-corrected chi connectivity index (χ0v) is 12.4. The minimum absolute atomic E-state index is 0.175. The third-order valence-electron chi connectivity index (χ3n) is 2.27. The second-order valence-electron chi connectivity index (χ2n) is 3.60. The number of carbonyl (C=O) groups excluding carboxylic acids is 1. The van der Waals surface area contributed by atoms with Gasteiger partial charge >= 0.3 is 0 Å². The average molecular weight is 345 g/mol. The van der Waals surface area contributed by atoms with Gasteiger partial charge in [0, 0.05) is 0 Å². The molecule has 0 saturated carbocycles. The highest BCUT2D eigenvalue weighted by Gasteiger charge is 2.21. The fraction of sp³-hybridized carbons (Fsp3) is 0.0833. The summed E-state index contributed by atoms with van der Waals surface area (Å²) in [6.45, 7) is 0. The molecule has 3 nitrogen and oxygen atoms in total. The number of carbonyl (C=O) groups is 1. The molecular weight excluding hydrogens is 336 g/mol. The van der Waals surface area contributed by atoms with Gasteiger partial charge in [-0.2, -0.15) is 0 Å². The Morgan fingerprint density at radius 2 is 1.78 bits per heavy atom. The van der Waals surface area contributed by atoms with Gasteiger partial charge < -0.3 is 0 Å². The van der Waals surface area contributed by atoms with Crippen molar-refractivity contribution in [2.45, 2.75) is 4.90 Å². The van der Waals surface area contributed by atoms with Crippen LogP contribution in [0, 0.1) is 0 Å². The van der Waals surface area contributed by atoms with Crippen LogP contribution in [-0.4, -0.2) is 20.0 Å². The third-order valence-corrected chi connectivity index (χ3v) is 5.57. The van der Waals surface area contributed by atoms with Gasteiger partial charge in [-0.3, -0.25) is 4.79 Å². The SMILES string of the molecule is O=C(CS(=O)(=O)c1ccccc1)c1ccc(Br)s1. The maximum Gasteiger partial charge on any atom is 0.188 e. The molecule has 0 spiro atoms. The highest BCUT2D eigenvalue weighted by atomic mass is 79.9. The molecule has 94 valence electrons. The van der Waals surface area contributed by atoms with E-state index in [1.54, 1.807) is 30.3 Å². The van der Waals surface area contributed by atoms with Crippen molar-refractivity contribution in [3.05, 3.63) is 51.1 Å².